The zero-order valence-corrected chi connectivity index (χ0v) is 11.9. The predicted molar refractivity (Wildman–Crippen MR) is 74.3 cm³/mol. The van der Waals surface area contributed by atoms with Crippen molar-refractivity contribution >= 4 is 21.6 Å². The van der Waals surface area contributed by atoms with E-state index in [1.807, 2.05) is 13.1 Å². The zero-order chi connectivity index (χ0) is 12.4. The molecule has 0 aliphatic carbocycles. The van der Waals surface area contributed by atoms with E-state index in [4.69, 9.17) is 0 Å². The number of imidazole rings is 1. The standard InChI is InChI=1S/C13H16BrN3/c1-8-4-9(2)13(12(14)5-8)16-7-11-6-15-10(3)17-11/h4-6,16H,7H2,1-3H3,(H,15,17). The van der Waals surface area contributed by atoms with Crippen LogP contribution in [0.5, 0.6) is 0 Å². The fourth-order valence-electron chi connectivity index (χ4n) is 1.88. The van der Waals surface area contributed by atoms with Crippen LogP contribution >= 0.6 is 15.9 Å². The van der Waals surface area contributed by atoms with Gasteiger partial charge in [-0.05, 0) is 53.9 Å². The lowest BCUT2D eigenvalue weighted by Gasteiger charge is -2.12. The minimum atomic E-state index is 0.753. The van der Waals surface area contributed by atoms with Crippen LogP contribution in [0.25, 0.3) is 0 Å². The van der Waals surface area contributed by atoms with Gasteiger partial charge in [0.1, 0.15) is 5.82 Å². The third kappa shape index (κ3) is 2.88. The average molecular weight is 294 g/mol. The number of halogens is 1. The van der Waals surface area contributed by atoms with E-state index in [1.165, 1.54) is 11.1 Å². The molecule has 0 aliphatic rings. The Morgan fingerprint density at radius 1 is 1.29 bits per heavy atom. The van der Waals surface area contributed by atoms with E-state index in [0.29, 0.717) is 0 Å². The topological polar surface area (TPSA) is 40.7 Å². The lowest BCUT2D eigenvalue weighted by atomic mass is 10.1. The van der Waals surface area contributed by atoms with Gasteiger partial charge in [0.15, 0.2) is 0 Å². The summed E-state index contributed by atoms with van der Waals surface area (Å²) >= 11 is 3.59. The van der Waals surface area contributed by atoms with Gasteiger partial charge >= 0.3 is 0 Å². The maximum atomic E-state index is 4.18. The molecule has 1 aromatic heterocycles. The Balaban J connectivity index is 2.14. The molecule has 0 fully saturated rings. The van der Waals surface area contributed by atoms with E-state index >= 15 is 0 Å². The smallest absolute Gasteiger partial charge is 0.103 e. The molecule has 3 nitrogen and oxygen atoms in total. The molecular formula is C13H16BrN3. The molecule has 0 aliphatic heterocycles. The van der Waals surface area contributed by atoms with Crippen LogP contribution in [-0.4, -0.2) is 9.97 Å². The summed E-state index contributed by atoms with van der Waals surface area (Å²) in [5.74, 6) is 0.946. The van der Waals surface area contributed by atoms with E-state index in [0.717, 1.165) is 28.2 Å². The third-order valence-corrected chi connectivity index (χ3v) is 3.27. The molecule has 0 saturated heterocycles. The van der Waals surface area contributed by atoms with Crippen molar-refractivity contribution in [1.29, 1.82) is 0 Å². The molecule has 0 unspecified atom stereocenters. The number of anilines is 1. The predicted octanol–water partition coefficient (Wildman–Crippen LogP) is 3.71. The molecule has 1 aromatic carbocycles. The maximum absolute atomic E-state index is 4.18. The van der Waals surface area contributed by atoms with Crippen molar-refractivity contribution < 1.29 is 0 Å². The number of nitrogens with one attached hydrogen (secondary N) is 2. The molecule has 0 amide bonds. The van der Waals surface area contributed by atoms with Crippen LogP contribution in [0.1, 0.15) is 22.6 Å². The Bertz CT molecular complexity index is 508. The Kier molecular flexibility index (Phi) is 3.52. The number of rotatable bonds is 3. The van der Waals surface area contributed by atoms with Crippen molar-refractivity contribution in [2.24, 2.45) is 0 Å². The number of benzene rings is 1. The average Bonchev–Trinajstić information content (AvgIpc) is 2.62. The van der Waals surface area contributed by atoms with Crippen molar-refractivity contribution in [2.45, 2.75) is 27.3 Å². The SMILES string of the molecule is Cc1cc(C)c(NCc2cnc(C)[nH]2)c(Br)c1. The summed E-state index contributed by atoms with van der Waals surface area (Å²) in [6.07, 6.45) is 1.86. The van der Waals surface area contributed by atoms with Gasteiger partial charge in [-0.25, -0.2) is 4.98 Å². The molecule has 0 saturated carbocycles. The molecule has 2 N–H and O–H groups in total. The largest absolute Gasteiger partial charge is 0.378 e. The van der Waals surface area contributed by atoms with Gasteiger partial charge in [-0.2, -0.15) is 0 Å². The number of nitrogens with zero attached hydrogens (tertiary/aromatic N) is 1. The Labute approximate surface area is 110 Å². The second kappa shape index (κ2) is 4.92. The van der Waals surface area contributed by atoms with Crippen LogP contribution < -0.4 is 5.32 Å². The first kappa shape index (κ1) is 12.2. The van der Waals surface area contributed by atoms with Gasteiger partial charge < -0.3 is 10.3 Å². The van der Waals surface area contributed by atoms with Crippen LogP contribution in [0.2, 0.25) is 0 Å². The molecule has 0 atom stereocenters. The normalized spacial score (nSPS) is 10.6. The van der Waals surface area contributed by atoms with Crippen LogP contribution in [0.15, 0.2) is 22.8 Å². The summed E-state index contributed by atoms with van der Waals surface area (Å²) < 4.78 is 1.10. The van der Waals surface area contributed by atoms with Crippen LogP contribution in [0.4, 0.5) is 5.69 Å². The third-order valence-electron chi connectivity index (χ3n) is 2.64. The van der Waals surface area contributed by atoms with Crippen LogP contribution in [-0.2, 0) is 6.54 Å². The molecule has 2 aromatic rings. The second-order valence-corrected chi connectivity index (χ2v) is 5.14. The minimum Gasteiger partial charge on any atom is -0.378 e. The summed E-state index contributed by atoms with van der Waals surface area (Å²) in [6.45, 7) is 6.91. The van der Waals surface area contributed by atoms with Crippen molar-refractivity contribution in [2.75, 3.05) is 5.32 Å². The van der Waals surface area contributed by atoms with Gasteiger partial charge in [-0.1, -0.05) is 6.07 Å². The molecule has 0 radical (unpaired) electrons. The van der Waals surface area contributed by atoms with E-state index in [2.05, 4.69) is 57.2 Å². The lowest BCUT2D eigenvalue weighted by molar-refractivity contribution is 1.04. The summed E-state index contributed by atoms with van der Waals surface area (Å²) in [6, 6.07) is 4.29. The monoisotopic (exact) mass is 293 g/mol. The number of hydrogen-bond donors (Lipinski definition) is 2. The molecule has 90 valence electrons. The fourth-order valence-corrected chi connectivity index (χ4v) is 2.70. The molecule has 4 heteroatoms. The van der Waals surface area contributed by atoms with E-state index in [1.54, 1.807) is 0 Å². The van der Waals surface area contributed by atoms with Crippen LogP contribution in [0.3, 0.4) is 0 Å². The van der Waals surface area contributed by atoms with Gasteiger partial charge in [0.2, 0.25) is 0 Å². The fraction of sp³-hybridized carbons (Fsp3) is 0.308. The Morgan fingerprint density at radius 2 is 2.06 bits per heavy atom. The number of hydrogen-bond acceptors (Lipinski definition) is 2. The highest BCUT2D eigenvalue weighted by atomic mass is 79.9. The highest BCUT2D eigenvalue weighted by molar-refractivity contribution is 9.10. The van der Waals surface area contributed by atoms with Crippen molar-refractivity contribution in [3.63, 3.8) is 0 Å². The second-order valence-electron chi connectivity index (χ2n) is 4.29. The highest BCUT2D eigenvalue weighted by Gasteiger charge is 2.05. The molecule has 17 heavy (non-hydrogen) atoms. The lowest BCUT2D eigenvalue weighted by Crippen LogP contribution is -2.02. The van der Waals surface area contributed by atoms with Crippen LogP contribution in [0, 0.1) is 20.8 Å². The minimum absolute atomic E-state index is 0.753. The Hall–Kier alpha value is -1.29. The summed E-state index contributed by atoms with van der Waals surface area (Å²) in [5, 5.41) is 3.42. The first-order chi connectivity index (χ1) is 8.06. The van der Waals surface area contributed by atoms with Gasteiger partial charge in [0.25, 0.3) is 0 Å². The van der Waals surface area contributed by atoms with Gasteiger partial charge in [0.05, 0.1) is 24.1 Å². The number of aromatic amines is 1. The zero-order valence-electron chi connectivity index (χ0n) is 10.3. The highest BCUT2D eigenvalue weighted by Crippen LogP contribution is 2.28. The van der Waals surface area contributed by atoms with E-state index in [-0.39, 0.29) is 0 Å². The maximum Gasteiger partial charge on any atom is 0.103 e. The summed E-state index contributed by atoms with van der Waals surface area (Å²) in [7, 11) is 0. The summed E-state index contributed by atoms with van der Waals surface area (Å²) in [4.78, 5) is 7.39. The Morgan fingerprint density at radius 3 is 2.65 bits per heavy atom. The first-order valence-electron chi connectivity index (χ1n) is 5.57. The van der Waals surface area contributed by atoms with E-state index in [9.17, 15) is 0 Å². The van der Waals surface area contributed by atoms with Gasteiger partial charge in [-0.3, -0.25) is 0 Å². The molecule has 1 heterocycles. The van der Waals surface area contributed by atoms with Crippen molar-refractivity contribution in [3.8, 4) is 0 Å². The number of aryl methyl sites for hydroxylation is 3. The van der Waals surface area contributed by atoms with Gasteiger partial charge in [0, 0.05) is 4.47 Å². The van der Waals surface area contributed by atoms with Crippen molar-refractivity contribution in [3.05, 3.63) is 45.4 Å². The molecular weight excluding hydrogens is 278 g/mol. The first-order valence-corrected chi connectivity index (χ1v) is 6.36. The summed E-state index contributed by atoms with van der Waals surface area (Å²) in [5.41, 5.74) is 4.74. The quantitative estimate of drug-likeness (QED) is 0.906. The molecule has 0 spiro atoms. The molecule has 2 rings (SSSR count). The van der Waals surface area contributed by atoms with Crippen molar-refractivity contribution in [1.82, 2.24) is 9.97 Å². The van der Waals surface area contributed by atoms with E-state index < -0.39 is 0 Å². The number of H-pyrrole nitrogens is 1. The van der Waals surface area contributed by atoms with Gasteiger partial charge in [-0.15, -0.1) is 0 Å². The molecule has 0 bridgehead atoms. The number of aromatic nitrogens is 2.